The van der Waals surface area contributed by atoms with Crippen LogP contribution in [0.1, 0.15) is 93.6 Å². The quantitative estimate of drug-likeness (QED) is 0.233. The molecule has 6 aliphatic rings. The van der Waals surface area contributed by atoms with Crippen molar-refractivity contribution in [2.24, 2.45) is 17.3 Å². The largest absolute Gasteiger partial charge is 0.420 e. The molecule has 45 heavy (non-hydrogen) atoms. The highest BCUT2D eigenvalue weighted by Gasteiger charge is 2.52. The number of amides is 1. The summed E-state index contributed by atoms with van der Waals surface area (Å²) >= 11 is 0. The highest BCUT2D eigenvalue weighted by molar-refractivity contribution is 5.94. The van der Waals surface area contributed by atoms with Crippen LogP contribution in [-0.2, 0) is 20.5 Å². The molecule has 1 amide bonds. The van der Waals surface area contributed by atoms with Crippen LogP contribution in [0, 0.1) is 28.6 Å². The summed E-state index contributed by atoms with van der Waals surface area (Å²) in [5.74, 6) is 0.808. The number of carbonyl (C=O) groups excluding carboxylic acids is 1. The van der Waals surface area contributed by atoms with Crippen molar-refractivity contribution >= 4 is 11.6 Å². The lowest BCUT2D eigenvalue weighted by molar-refractivity contribution is -0.186. The number of ether oxygens (including phenoxy) is 1. The van der Waals surface area contributed by atoms with Crippen LogP contribution >= 0.6 is 0 Å². The summed E-state index contributed by atoms with van der Waals surface area (Å²) in [4.78, 5) is 15.8. The van der Waals surface area contributed by atoms with Crippen LogP contribution < -0.4 is 4.90 Å². The summed E-state index contributed by atoms with van der Waals surface area (Å²) in [6, 6.07) is 18.7. The average Bonchev–Trinajstić information content (AvgIpc) is 4.00. The summed E-state index contributed by atoms with van der Waals surface area (Å²) in [6.07, 6.45) is 6.29. The molecule has 3 heterocycles. The second-order valence-electron chi connectivity index (χ2n) is 14.4. The Kier molecular flexibility index (Phi) is 6.86. The molecule has 2 bridgehead atoms. The van der Waals surface area contributed by atoms with Gasteiger partial charge in [0.15, 0.2) is 0 Å². The molecular weight excluding hydrogens is 574 g/mol. The molecule has 234 valence electrons. The van der Waals surface area contributed by atoms with E-state index in [1.165, 1.54) is 0 Å². The maximum absolute atomic E-state index is 14.0. The number of hydrogen-bond acceptors (Lipinski definition) is 6. The third kappa shape index (κ3) is 5.25. The second kappa shape index (κ2) is 10.7. The van der Waals surface area contributed by atoms with Crippen LogP contribution in [0.3, 0.4) is 0 Å². The lowest BCUT2D eigenvalue weighted by Crippen LogP contribution is -2.54. The highest BCUT2D eigenvalue weighted by atomic mass is 19.3. The molecule has 4 saturated carbocycles. The molecule has 9 heteroatoms. The highest BCUT2D eigenvalue weighted by Crippen LogP contribution is 2.55. The standard InChI is InChI=1S/C36H38F2N4O3/c37-31(38)26-16-23(17-26)18-30(43)42(29-3-1-2-25(19-29)33-41-40-32(45-33)24-4-5-24)21-34-10-14-36(15-11-34,44-22-34)28-8-6-27(7-9-28)35(20-39)12-13-35/h1-3,6-9,19,23-24,26,31H,4-5,10-18,21-22H2. The van der Waals surface area contributed by atoms with Crippen molar-refractivity contribution in [2.45, 2.75) is 94.0 Å². The van der Waals surface area contributed by atoms with Crippen molar-refractivity contribution in [3.05, 3.63) is 65.5 Å². The van der Waals surface area contributed by atoms with E-state index < -0.39 is 12.3 Å². The molecule has 0 spiro atoms. The third-order valence-corrected chi connectivity index (χ3v) is 11.4. The minimum Gasteiger partial charge on any atom is -0.420 e. The van der Waals surface area contributed by atoms with Crippen LogP contribution in [0.15, 0.2) is 52.9 Å². The summed E-state index contributed by atoms with van der Waals surface area (Å²) in [5.41, 5.74) is 2.94. The second-order valence-corrected chi connectivity index (χ2v) is 14.4. The third-order valence-electron chi connectivity index (χ3n) is 11.4. The number of nitriles is 1. The van der Waals surface area contributed by atoms with E-state index in [-0.39, 0.29) is 34.7 Å². The molecule has 7 nitrogen and oxygen atoms in total. The molecule has 2 aromatic carbocycles. The smallest absolute Gasteiger partial charge is 0.247 e. The van der Waals surface area contributed by atoms with Gasteiger partial charge in [-0.25, -0.2) is 8.78 Å². The van der Waals surface area contributed by atoms with Crippen molar-refractivity contribution in [3.63, 3.8) is 0 Å². The summed E-state index contributed by atoms with van der Waals surface area (Å²) in [7, 11) is 0. The number of rotatable bonds is 10. The first-order valence-electron chi connectivity index (χ1n) is 16.5. The van der Waals surface area contributed by atoms with E-state index in [0.717, 1.165) is 73.7 Å². The van der Waals surface area contributed by atoms with Gasteiger partial charge in [0.2, 0.25) is 24.1 Å². The van der Waals surface area contributed by atoms with Crippen LogP contribution in [0.25, 0.3) is 11.5 Å². The number of benzene rings is 2. The van der Waals surface area contributed by atoms with Crippen molar-refractivity contribution in [1.82, 2.24) is 10.2 Å². The summed E-state index contributed by atoms with van der Waals surface area (Å²) in [5, 5.41) is 18.1. The number of halogens is 2. The fraction of sp³-hybridized carbons (Fsp3) is 0.556. The van der Waals surface area contributed by atoms with E-state index in [1.54, 1.807) is 0 Å². The fourth-order valence-electron chi connectivity index (χ4n) is 7.85. The summed E-state index contributed by atoms with van der Waals surface area (Å²) < 4.78 is 39.0. The van der Waals surface area contributed by atoms with Crippen LogP contribution in [-0.4, -0.2) is 35.7 Å². The molecule has 2 saturated heterocycles. The molecule has 6 fully saturated rings. The molecule has 0 N–H and O–H groups in total. The zero-order chi connectivity index (χ0) is 30.8. The molecule has 1 aromatic heterocycles. The van der Waals surface area contributed by atoms with E-state index in [1.807, 2.05) is 29.2 Å². The van der Waals surface area contributed by atoms with Gasteiger partial charge in [0.05, 0.1) is 23.7 Å². The van der Waals surface area contributed by atoms with Crippen molar-refractivity contribution in [1.29, 1.82) is 5.26 Å². The monoisotopic (exact) mass is 612 g/mol. The van der Waals surface area contributed by atoms with Gasteiger partial charge in [-0.3, -0.25) is 4.79 Å². The van der Waals surface area contributed by atoms with E-state index in [0.29, 0.717) is 43.7 Å². The number of nitrogens with zero attached hydrogens (tertiary/aromatic N) is 4. The molecule has 2 aliphatic heterocycles. The predicted molar refractivity (Wildman–Crippen MR) is 162 cm³/mol. The Morgan fingerprint density at radius 2 is 1.73 bits per heavy atom. The van der Waals surface area contributed by atoms with E-state index in [2.05, 4.69) is 40.5 Å². The molecule has 3 aromatic rings. The van der Waals surface area contributed by atoms with E-state index in [4.69, 9.17) is 9.15 Å². The molecule has 4 aliphatic carbocycles. The molecular formula is C36H38F2N4O3. The lowest BCUT2D eigenvalue weighted by Gasteiger charge is -2.54. The number of carbonyl (C=O) groups is 1. The fourth-order valence-corrected chi connectivity index (χ4v) is 7.85. The Morgan fingerprint density at radius 3 is 2.36 bits per heavy atom. The van der Waals surface area contributed by atoms with Crippen molar-refractivity contribution in [2.75, 3.05) is 18.1 Å². The van der Waals surface area contributed by atoms with Gasteiger partial charge >= 0.3 is 0 Å². The predicted octanol–water partition coefficient (Wildman–Crippen LogP) is 7.67. The van der Waals surface area contributed by atoms with Gasteiger partial charge in [0, 0.05) is 41.5 Å². The molecule has 0 radical (unpaired) electrons. The number of alkyl halides is 2. The van der Waals surface area contributed by atoms with Gasteiger partial charge < -0.3 is 14.1 Å². The lowest BCUT2D eigenvalue weighted by atomic mass is 9.63. The number of anilines is 1. The first kappa shape index (κ1) is 28.8. The van der Waals surface area contributed by atoms with Crippen LogP contribution in [0.2, 0.25) is 0 Å². The SMILES string of the molecule is N#CC1(c2ccc(C34CCC(CN(C(=O)CC5CC(C(F)F)C5)c5cccc(-c6nnc(C7CC7)o6)c5)(CC3)CO4)cc2)CC1. The zero-order valence-corrected chi connectivity index (χ0v) is 25.4. The van der Waals surface area contributed by atoms with E-state index in [9.17, 15) is 18.8 Å². The molecule has 0 unspecified atom stereocenters. The zero-order valence-electron chi connectivity index (χ0n) is 25.4. The van der Waals surface area contributed by atoms with Gasteiger partial charge in [-0.1, -0.05) is 30.3 Å². The number of hydrogen-bond donors (Lipinski definition) is 0. The Hall–Kier alpha value is -3.64. The topological polar surface area (TPSA) is 92.2 Å². The van der Waals surface area contributed by atoms with Crippen LogP contribution in [0.5, 0.6) is 0 Å². The van der Waals surface area contributed by atoms with Crippen LogP contribution in [0.4, 0.5) is 14.5 Å². The number of fused-ring (bicyclic) bond motifs is 3. The van der Waals surface area contributed by atoms with Gasteiger partial charge in [-0.2, -0.15) is 5.26 Å². The Labute approximate surface area is 262 Å². The normalized spacial score (nSPS) is 29.6. The Morgan fingerprint density at radius 1 is 1.00 bits per heavy atom. The minimum atomic E-state index is -2.32. The van der Waals surface area contributed by atoms with Gasteiger partial charge in [-0.15, -0.1) is 10.2 Å². The number of aromatic nitrogens is 2. The molecule has 9 rings (SSSR count). The maximum Gasteiger partial charge on any atom is 0.247 e. The van der Waals surface area contributed by atoms with Gasteiger partial charge in [-0.05, 0) is 99.5 Å². The molecule has 0 atom stereocenters. The van der Waals surface area contributed by atoms with E-state index >= 15 is 0 Å². The van der Waals surface area contributed by atoms with Gasteiger partial charge in [0.1, 0.15) is 0 Å². The Bertz CT molecular complexity index is 1610. The maximum atomic E-state index is 14.0. The van der Waals surface area contributed by atoms with Gasteiger partial charge in [0.25, 0.3) is 0 Å². The first-order chi connectivity index (χ1) is 21.8. The first-order valence-corrected chi connectivity index (χ1v) is 16.5. The minimum absolute atomic E-state index is 0.0166. The average molecular weight is 613 g/mol. The van der Waals surface area contributed by atoms with Crippen molar-refractivity contribution in [3.8, 4) is 17.5 Å². The summed E-state index contributed by atoms with van der Waals surface area (Å²) in [6.45, 7) is 1.06. The Balaban J connectivity index is 1.01. The van der Waals surface area contributed by atoms with Crippen molar-refractivity contribution < 1.29 is 22.7 Å².